The van der Waals surface area contributed by atoms with E-state index >= 15 is 0 Å². The van der Waals surface area contributed by atoms with E-state index in [-0.39, 0.29) is 0 Å². The average molecular weight is 435 g/mol. The number of hydrogen-bond donors (Lipinski definition) is 0. The standard InChI is InChI=1S/C21H26N2O4S2/c1-28(24,25)21-10-8-20(9-11-21)18-22-13-5-14-23(16-15-22)29(26,27)17-12-19-6-3-2-4-7-19/h2-4,6-12,17H,5,13-16,18H2,1H3. The highest BCUT2D eigenvalue weighted by Crippen LogP contribution is 2.15. The highest BCUT2D eigenvalue weighted by Gasteiger charge is 2.23. The van der Waals surface area contributed by atoms with Crippen LogP contribution in [0.4, 0.5) is 0 Å². The number of hydrogen-bond acceptors (Lipinski definition) is 5. The molecular formula is C21H26N2O4S2. The second kappa shape index (κ2) is 9.21. The minimum absolute atomic E-state index is 0.305. The maximum Gasteiger partial charge on any atom is 0.236 e. The quantitative estimate of drug-likeness (QED) is 0.699. The Kier molecular flexibility index (Phi) is 6.89. The Hall–Kier alpha value is -2.00. The van der Waals surface area contributed by atoms with Gasteiger partial charge in [-0.15, -0.1) is 0 Å². The Balaban J connectivity index is 1.60. The van der Waals surface area contributed by atoms with Crippen LogP contribution in [0.15, 0.2) is 64.9 Å². The Morgan fingerprint density at radius 3 is 2.21 bits per heavy atom. The van der Waals surface area contributed by atoms with Gasteiger partial charge in [0, 0.05) is 37.8 Å². The molecule has 1 heterocycles. The minimum Gasteiger partial charge on any atom is -0.298 e. The molecule has 0 bridgehead atoms. The highest BCUT2D eigenvalue weighted by molar-refractivity contribution is 7.92. The summed E-state index contributed by atoms with van der Waals surface area (Å²) in [6.07, 6.45) is 3.57. The van der Waals surface area contributed by atoms with Crippen molar-refractivity contribution in [1.82, 2.24) is 9.21 Å². The van der Waals surface area contributed by atoms with E-state index in [1.165, 1.54) is 16.0 Å². The second-order valence-corrected chi connectivity index (χ2v) is 11.0. The van der Waals surface area contributed by atoms with Crippen LogP contribution in [0.2, 0.25) is 0 Å². The molecule has 0 amide bonds. The second-order valence-electron chi connectivity index (χ2n) is 7.20. The van der Waals surface area contributed by atoms with Gasteiger partial charge in [-0.05, 0) is 42.3 Å². The van der Waals surface area contributed by atoms with Crippen molar-refractivity contribution in [3.05, 3.63) is 71.1 Å². The smallest absolute Gasteiger partial charge is 0.236 e. The molecule has 0 unspecified atom stereocenters. The van der Waals surface area contributed by atoms with Crippen LogP contribution in [0.1, 0.15) is 17.5 Å². The fraction of sp³-hybridized carbons (Fsp3) is 0.333. The van der Waals surface area contributed by atoms with E-state index in [4.69, 9.17) is 0 Å². The molecule has 0 spiro atoms. The highest BCUT2D eigenvalue weighted by atomic mass is 32.2. The molecule has 2 aromatic carbocycles. The number of rotatable bonds is 6. The molecule has 29 heavy (non-hydrogen) atoms. The summed E-state index contributed by atoms with van der Waals surface area (Å²) in [6.45, 7) is 3.01. The van der Waals surface area contributed by atoms with Crippen molar-refractivity contribution in [2.75, 3.05) is 32.4 Å². The van der Waals surface area contributed by atoms with Crippen molar-refractivity contribution in [2.45, 2.75) is 17.9 Å². The molecule has 1 saturated heterocycles. The lowest BCUT2D eigenvalue weighted by Gasteiger charge is -2.21. The Morgan fingerprint density at radius 2 is 1.55 bits per heavy atom. The van der Waals surface area contributed by atoms with Crippen LogP contribution >= 0.6 is 0 Å². The lowest BCUT2D eigenvalue weighted by Crippen LogP contribution is -2.33. The predicted molar refractivity (Wildman–Crippen MR) is 115 cm³/mol. The molecule has 1 aliphatic heterocycles. The zero-order valence-electron chi connectivity index (χ0n) is 16.4. The van der Waals surface area contributed by atoms with Gasteiger partial charge in [0.2, 0.25) is 10.0 Å². The maximum absolute atomic E-state index is 12.7. The molecule has 3 rings (SSSR count). The summed E-state index contributed by atoms with van der Waals surface area (Å²) in [5, 5.41) is 1.28. The lowest BCUT2D eigenvalue weighted by molar-refractivity contribution is 0.279. The molecule has 1 aliphatic rings. The molecule has 1 fully saturated rings. The monoisotopic (exact) mass is 434 g/mol. The van der Waals surface area contributed by atoms with Crippen molar-refractivity contribution in [3.63, 3.8) is 0 Å². The first-order valence-electron chi connectivity index (χ1n) is 9.49. The van der Waals surface area contributed by atoms with Crippen LogP contribution in [0.3, 0.4) is 0 Å². The van der Waals surface area contributed by atoms with Gasteiger partial charge in [-0.3, -0.25) is 4.90 Å². The number of sulfone groups is 1. The van der Waals surface area contributed by atoms with Gasteiger partial charge in [0.1, 0.15) is 0 Å². The molecule has 0 N–H and O–H groups in total. The molecule has 0 radical (unpaired) electrons. The molecule has 0 aliphatic carbocycles. The van der Waals surface area contributed by atoms with E-state index in [1.54, 1.807) is 18.2 Å². The van der Waals surface area contributed by atoms with E-state index in [2.05, 4.69) is 4.90 Å². The topological polar surface area (TPSA) is 74.8 Å². The Morgan fingerprint density at radius 1 is 0.862 bits per heavy atom. The van der Waals surface area contributed by atoms with Gasteiger partial charge in [0.25, 0.3) is 0 Å². The van der Waals surface area contributed by atoms with Gasteiger partial charge in [-0.1, -0.05) is 42.5 Å². The van der Waals surface area contributed by atoms with Crippen LogP contribution in [-0.2, 0) is 26.4 Å². The summed E-state index contributed by atoms with van der Waals surface area (Å²) in [4.78, 5) is 2.51. The average Bonchev–Trinajstić information content (AvgIpc) is 2.93. The van der Waals surface area contributed by atoms with Crippen LogP contribution in [-0.4, -0.2) is 58.5 Å². The third-order valence-corrected chi connectivity index (χ3v) is 7.59. The van der Waals surface area contributed by atoms with Crippen molar-refractivity contribution < 1.29 is 16.8 Å². The third-order valence-electron chi connectivity index (χ3n) is 4.90. The van der Waals surface area contributed by atoms with Gasteiger partial charge in [0.15, 0.2) is 9.84 Å². The summed E-state index contributed by atoms with van der Waals surface area (Å²) >= 11 is 0. The summed E-state index contributed by atoms with van der Waals surface area (Å²) in [5.74, 6) is 0. The van der Waals surface area contributed by atoms with Crippen molar-refractivity contribution >= 4 is 25.9 Å². The Bertz CT molecular complexity index is 1050. The first-order chi connectivity index (χ1) is 13.7. The zero-order valence-corrected chi connectivity index (χ0v) is 18.1. The number of benzene rings is 2. The van der Waals surface area contributed by atoms with Gasteiger partial charge < -0.3 is 0 Å². The predicted octanol–water partition coefficient (Wildman–Crippen LogP) is 2.60. The molecule has 0 atom stereocenters. The van der Waals surface area contributed by atoms with Crippen molar-refractivity contribution in [2.24, 2.45) is 0 Å². The summed E-state index contributed by atoms with van der Waals surface area (Å²) < 4.78 is 50.0. The van der Waals surface area contributed by atoms with E-state index in [0.29, 0.717) is 31.1 Å². The van der Waals surface area contributed by atoms with Crippen LogP contribution < -0.4 is 0 Å². The van der Waals surface area contributed by atoms with E-state index < -0.39 is 19.9 Å². The summed E-state index contributed by atoms with van der Waals surface area (Å²) in [7, 11) is -6.66. The minimum atomic E-state index is -3.46. The van der Waals surface area contributed by atoms with Crippen molar-refractivity contribution in [1.29, 1.82) is 0 Å². The Labute approximate surface area is 173 Å². The van der Waals surface area contributed by atoms with E-state index in [0.717, 1.165) is 24.1 Å². The fourth-order valence-corrected chi connectivity index (χ4v) is 5.13. The van der Waals surface area contributed by atoms with E-state index in [1.807, 2.05) is 42.5 Å². The lowest BCUT2D eigenvalue weighted by atomic mass is 10.2. The van der Waals surface area contributed by atoms with Gasteiger partial charge >= 0.3 is 0 Å². The summed E-state index contributed by atoms with van der Waals surface area (Å²) in [5.41, 5.74) is 1.86. The molecular weight excluding hydrogens is 408 g/mol. The van der Waals surface area contributed by atoms with E-state index in [9.17, 15) is 16.8 Å². The van der Waals surface area contributed by atoms with Gasteiger partial charge in [0.05, 0.1) is 4.90 Å². The van der Waals surface area contributed by atoms with Gasteiger partial charge in [-0.2, -0.15) is 4.31 Å². The van der Waals surface area contributed by atoms with Gasteiger partial charge in [-0.25, -0.2) is 16.8 Å². The molecule has 6 nitrogen and oxygen atoms in total. The molecule has 2 aromatic rings. The molecule has 0 aromatic heterocycles. The van der Waals surface area contributed by atoms with Crippen molar-refractivity contribution in [3.8, 4) is 0 Å². The fourth-order valence-electron chi connectivity index (χ4n) is 3.27. The van der Waals surface area contributed by atoms with Crippen LogP contribution in [0, 0.1) is 0 Å². The number of nitrogens with zero attached hydrogens (tertiary/aromatic N) is 2. The van der Waals surface area contributed by atoms with Crippen LogP contribution in [0.5, 0.6) is 0 Å². The zero-order chi connectivity index (χ0) is 20.9. The molecule has 156 valence electrons. The third kappa shape index (κ3) is 6.24. The first kappa shape index (κ1) is 21.7. The molecule has 0 saturated carbocycles. The normalized spacial score (nSPS) is 17.4. The first-order valence-corrected chi connectivity index (χ1v) is 12.9. The SMILES string of the molecule is CS(=O)(=O)c1ccc(CN2CCCN(S(=O)(=O)C=Cc3ccccc3)CC2)cc1. The summed E-state index contributed by atoms with van der Waals surface area (Å²) in [6, 6.07) is 16.2. The largest absolute Gasteiger partial charge is 0.298 e. The van der Waals surface area contributed by atoms with Crippen LogP contribution in [0.25, 0.3) is 6.08 Å². The molecule has 8 heteroatoms. The number of sulfonamides is 1. The maximum atomic E-state index is 12.7.